The molecule has 4 aliphatic rings. The van der Waals surface area contributed by atoms with Crippen LogP contribution in [0.3, 0.4) is 0 Å². The Balaban J connectivity index is 0.000000329. The van der Waals surface area contributed by atoms with Crippen LogP contribution in [-0.2, 0) is 39.3 Å². The van der Waals surface area contributed by atoms with Gasteiger partial charge < -0.3 is 34.3 Å². The molecular weight excluding hydrogens is 1020 g/mol. The van der Waals surface area contributed by atoms with E-state index in [0.29, 0.717) is 21.9 Å². The predicted molar refractivity (Wildman–Crippen MR) is 281 cm³/mol. The second-order valence-electron chi connectivity index (χ2n) is 14.6. The number of nitrogens with zero attached hydrogens (tertiary/aromatic N) is 4. The van der Waals surface area contributed by atoms with E-state index in [9.17, 15) is 45.7 Å². The molecule has 0 unspecified atom stereocenters. The molecular formula is C45H54N6O11S7-2. The molecule has 24 heteroatoms. The molecule has 69 heavy (non-hydrogen) atoms. The highest BCUT2D eigenvalue weighted by atomic mass is 32.2. The minimum absolute atomic E-state index is 0.0286. The van der Waals surface area contributed by atoms with Gasteiger partial charge >= 0.3 is 0 Å². The number of amides is 3. The highest BCUT2D eigenvalue weighted by molar-refractivity contribution is 8.27. The first-order chi connectivity index (χ1) is 32.4. The third-order valence-electron chi connectivity index (χ3n) is 9.05. The summed E-state index contributed by atoms with van der Waals surface area (Å²) in [6.07, 6.45) is 10.3. The van der Waals surface area contributed by atoms with Crippen molar-refractivity contribution >= 4 is 124 Å². The Morgan fingerprint density at radius 3 is 1.93 bits per heavy atom. The Morgan fingerprint density at radius 1 is 0.812 bits per heavy atom. The van der Waals surface area contributed by atoms with Crippen LogP contribution in [0.1, 0.15) is 54.0 Å². The van der Waals surface area contributed by atoms with E-state index in [1.54, 1.807) is 70.8 Å². The van der Waals surface area contributed by atoms with Gasteiger partial charge in [-0.25, -0.2) is 16.8 Å². The lowest BCUT2D eigenvalue weighted by atomic mass is 10.2. The third kappa shape index (κ3) is 17.8. The van der Waals surface area contributed by atoms with E-state index in [1.807, 2.05) is 40.0 Å². The Labute approximate surface area is 428 Å². The molecule has 0 aliphatic carbocycles. The molecule has 374 valence electrons. The largest absolute Gasteiger partial charge is 0.748 e. The molecule has 4 aliphatic heterocycles. The minimum Gasteiger partial charge on any atom is -0.748 e. The van der Waals surface area contributed by atoms with Crippen molar-refractivity contribution in [2.75, 3.05) is 54.7 Å². The van der Waals surface area contributed by atoms with Gasteiger partial charge in [0, 0.05) is 25.4 Å². The number of aryl methyl sites for hydroxylation is 1. The van der Waals surface area contributed by atoms with Gasteiger partial charge in [0.15, 0.2) is 5.75 Å². The molecule has 17 nitrogen and oxygen atoms in total. The van der Waals surface area contributed by atoms with Gasteiger partial charge in [0.2, 0.25) is 11.8 Å². The maximum atomic E-state index is 12.7. The number of fused-ring (bicyclic) bond motifs is 2. The lowest BCUT2D eigenvalue weighted by Crippen LogP contribution is -2.40. The van der Waals surface area contributed by atoms with Crippen molar-refractivity contribution in [2.45, 2.75) is 60.3 Å². The first-order valence-corrected chi connectivity index (χ1v) is 27.6. The quantitative estimate of drug-likeness (QED) is 0.128. The van der Waals surface area contributed by atoms with E-state index >= 15 is 0 Å². The SMILES string of the molecule is CC.CC(=CC=C1Sc2cc(C)ccc2N1C)C=C1SC(=S)N(CC(=O)[O-])C1=O.CC(=O)NS(=O)(=O)CN1C(=O)C(=CC(C)=CC=C2Oc3ccccc3N2CCS(=O)(=O)[O-])SC1=S.CCNCC. The molecule has 2 aromatic rings. The molecule has 0 aromatic heterocycles. The monoisotopic (exact) mass is 1080 g/mol. The number of thiocarbonyl (C=S) groups is 2. The number of hydrogen-bond acceptors (Lipinski definition) is 19. The van der Waals surface area contributed by atoms with Crippen molar-refractivity contribution < 1.29 is 50.4 Å². The van der Waals surface area contributed by atoms with Gasteiger partial charge in [-0.3, -0.25) is 28.9 Å². The van der Waals surface area contributed by atoms with Crippen molar-refractivity contribution in [3.8, 4) is 5.75 Å². The van der Waals surface area contributed by atoms with Gasteiger partial charge in [-0.05, 0) is 99.1 Å². The van der Waals surface area contributed by atoms with E-state index in [2.05, 4.69) is 49.2 Å². The third-order valence-corrected chi connectivity index (χ3v) is 14.9. The molecule has 2 aromatic carbocycles. The van der Waals surface area contributed by atoms with Gasteiger partial charge in [-0.15, -0.1) is 0 Å². The molecule has 2 fully saturated rings. The standard InChI is InChI=1S/C20H21N3O8S4.C19H18N2O3S3.C4H11N.C2H6/c1-13(11-17-19(25)23(20(32)33-17)12-34(26,27)21-14(2)24)7-8-18-22(9-10-35(28,29)30)15-5-3-4-6-16(15)31-18;1-11-4-6-13-14(8-11)26-16(20(13)3)7-5-12(2)9-15-18(24)21(10-17(22)23)19(25)27-15;1-3-5-4-2;1-2/h3-8,11H,9-10,12H2,1-2H3,(H,21,24)(H,28,29,30);4-9H,10H2,1-3H3,(H,22,23);5H,3-4H2,1-2H3;1-2H3/p-2. The Kier molecular flexibility index (Phi) is 22.9. The number of thioether (sulfide) groups is 3. The number of carboxylic acid groups (broad SMARTS) is 1. The second kappa shape index (κ2) is 27.0. The summed E-state index contributed by atoms with van der Waals surface area (Å²) < 4.78 is 65.2. The van der Waals surface area contributed by atoms with Crippen LogP contribution >= 0.6 is 59.7 Å². The molecule has 2 N–H and O–H groups in total. The van der Waals surface area contributed by atoms with Crippen LogP contribution in [0.4, 0.5) is 11.4 Å². The van der Waals surface area contributed by atoms with Crippen LogP contribution in [0.2, 0.25) is 0 Å². The smallest absolute Gasteiger partial charge is 0.267 e. The number of aliphatic carboxylic acids is 1. The van der Waals surface area contributed by atoms with Gasteiger partial charge in [-0.2, -0.15) is 0 Å². The van der Waals surface area contributed by atoms with Crippen molar-refractivity contribution in [1.82, 2.24) is 19.8 Å². The van der Waals surface area contributed by atoms with E-state index in [0.717, 1.165) is 63.9 Å². The second-order valence-corrected chi connectivity index (χ2v) is 22.2. The van der Waals surface area contributed by atoms with E-state index in [4.69, 9.17) is 29.2 Å². The number of rotatable bonds is 14. The molecule has 3 amide bonds. The first kappa shape index (κ1) is 58.5. The van der Waals surface area contributed by atoms with Crippen LogP contribution in [0.15, 0.2) is 116 Å². The number of carboxylic acids is 1. The van der Waals surface area contributed by atoms with Gasteiger partial charge in [-0.1, -0.05) is 118 Å². The number of para-hydroxylation sites is 2. The number of ether oxygens (including phenoxy) is 1. The summed E-state index contributed by atoms with van der Waals surface area (Å²) in [5.74, 6) is -3.76. The number of carbonyl (C=O) groups is 4. The van der Waals surface area contributed by atoms with Crippen molar-refractivity contribution in [2.24, 2.45) is 0 Å². The first-order valence-electron chi connectivity index (χ1n) is 21.1. The lowest BCUT2D eigenvalue weighted by Gasteiger charge is -2.19. The summed E-state index contributed by atoms with van der Waals surface area (Å²) in [5, 5.41) is 15.0. The summed E-state index contributed by atoms with van der Waals surface area (Å²) >= 11 is 13.9. The van der Waals surface area contributed by atoms with Crippen LogP contribution in [0, 0.1) is 6.92 Å². The van der Waals surface area contributed by atoms with Crippen molar-refractivity contribution in [3.05, 3.63) is 116 Å². The molecule has 2 saturated heterocycles. The number of carbonyl (C=O) groups excluding carboxylic acids is 4. The fraction of sp³-hybridized carbons (Fsp3) is 0.333. The fourth-order valence-corrected chi connectivity index (χ4v) is 11.4. The molecule has 0 saturated carbocycles. The minimum atomic E-state index is -4.44. The molecule has 0 spiro atoms. The zero-order valence-corrected chi connectivity index (χ0v) is 45.1. The predicted octanol–water partition coefficient (Wildman–Crippen LogP) is 5.85. The Morgan fingerprint density at radius 2 is 1.38 bits per heavy atom. The Bertz CT molecular complexity index is 2730. The fourth-order valence-electron chi connectivity index (χ4n) is 6.00. The topological polar surface area (TPSA) is 229 Å². The van der Waals surface area contributed by atoms with Crippen LogP contribution in [0.5, 0.6) is 5.75 Å². The Hall–Kier alpha value is -4.79. The molecule has 4 heterocycles. The summed E-state index contributed by atoms with van der Waals surface area (Å²) in [5.41, 5.74) is 4.46. The molecule has 6 rings (SSSR count). The summed E-state index contributed by atoms with van der Waals surface area (Å²) in [7, 11) is -6.51. The zero-order valence-electron chi connectivity index (χ0n) is 39.4. The number of anilines is 2. The zero-order chi connectivity index (χ0) is 51.8. The van der Waals surface area contributed by atoms with Crippen molar-refractivity contribution in [3.63, 3.8) is 0 Å². The van der Waals surface area contributed by atoms with Crippen LogP contribution in [0.25, 0.3) is 0 Å². The highest BCUT2D eigenvalue weighted by Gasteiger charge is 2.36. The number of sulfonamides is 1. The van der Waals surface area contributed by atoms with Gasteiger partial charge in [0.25, 0.3) is 21.8 Å². The number of nitrogens with one attached hydrogen (secondary N) is 2. The summed E-state index contributed by atoms with van der Waals surface area (Å²) in [6.45, 7) is 16.4. The lowest BCUT2D eigenvalue weighted by molar-refractivity contribution is -0.305. The number of allylic oxidation sites excluding steroid dienone is 8. The highest BCUT2D eigenvalue weighted by Crippen LogP contribution is 2.45. The summed E-state index contributed by atoms with van der Waals surface area (Å²) in [4.78, 5) is 54.2. The van der Waals surface area contributed by atoms with E-state index in [1.165, 1.54) is 22.2 Å². The van der Waals surface area contributed by atoms with E-state index < -0.39 is 62.0 Å². The molecule has 0 atom stereocenters. The maximum Gasteiger partial charge on any atom is 0.267 e. The van der Waals surface area contributed by atoms with Crippen molar-refractivity contribution in [1.29, 1.82) is 0 Å². The average Bonchev–Trinajstić information content (AvgIpc) is 3.95. The molecule has 0 bridgehead atoms. The maximum absolute atomic E-state index is 12.7. The average molecular weight is 1080 g/mol. The van der Waals surface area contributed by atoms with Gasteiger partial charge in [0.1, 0.15) is 14.5 Å². The number of hydrogen-bond donors (Lipinski definition) is 2. The normalized spacial score (nSPS) is 18.2. The van der Waals surface area contributed by atoms with Crippen LogP contribution in [-0.4, -0.2) is 108 Å². The summed E-state index contributed by atoms with van der Waals surface area (Å²) in [6, 6.07) is 13.3. The molecule has 0 radical (unpaired) electrons. The van der Waals surface area contributed by atoms with Crippen LogP contribution < -0.4 is 29.7 Å². The van der Waals surface area contributed by atoms with Gasteiger partial charge in [0.05, 0.1) is 54.6 Å². The van der Waals surface area contributed by atoms with E-state index in [-0.39, 0.29) is 26.0 Å². The number of benzene rings is 2.